The molecule has 136 valence electrons. The first-order chi connectivity index (χ1) is 13.3. The highest BCUT2D eigenvalue weighted by Gasteiger charge is 2.39. The fraction of sp³-hybridized carbons (Fsp3) is 0.250. The molecule has 4 rings (SSSR count). The zero-order valence-electron chi connectivity index (χ0n) is 15.4. The number of carbonyl (C=O) groups excluding carboxylic acids is 1. The number of nitrogens with zero attached hydrogens (tertiary/aromatic N) is 2. The Hall–Kier alpha value is -2.94. The third-order valence-electron chi connectivity index (χ3n) is 5.58. The van der Waals surface area contributed by atoms with Crippen molar-refractivity contribution in [3.05, 3.63) is 102 Å². The SMILES string of the molecule is O=C(Cc1cccnc1)N1CCCC(c2ccccc2)(c2ccccc2)C1. The standard InChI is InChI=1S/C24H24N2O/c27-23(17-20-9-7-15-25-18-20)26-16-8-14-24(19-26,21-10-3-1-4-11-21)22-12-5-2-6-13-22/h1-7,9-13,15,18H,8,14,16-17,19H2. The molecule has 0 saturated carbocycles. The van der Waals surface area contributed by atoms with Gasteiger partial charge < -0.3 is 4.90 Å². The van der Waals surface area contributed by atoms with Crippen molar-refractivity contribution in [1.29, 1.82) is 0 Å². The average molecular weight is 356 g/mol. The minimum absolute atomic E-state index is 0.147. The predicted octanol–water partition coefficient (Wildman–Crippen LogP) is 4.23. The van der Waals surface area contributed by atoms with Crippen LogP contribution in [0.3, 0.4) is 0 Å². The number of pyridine rings is 1. The third kappa shape index (κ3) is 3.63. The molecule has 1 amide bonds. The predicted molar refractivity (Wildman–Crippen MR) is 107 cm³/mol. The van der Waals surface area contributed by atoms with E-state index in [1.54, 1.807) is 12.4 Å². The van der Waals surface area contributed by atoms with Crippen LogP contribution in [0.2, 0.25) is 0 Å². The molecule has 1 fully saturated rings. The molecule has 0 spiro atoms. The second-order valence-electron chi connectivity index (χ2n) is 7.27. The number of likely N-dealkylation sites (tertiary alicyclic amines) is 1. The Bertz CT molecular complexity index is 839. The summed E-state index contributed by atoms with van der Waals surface area (Å²) in [7, 11) is 0. The molecular weight excluding hydrogens is 332 g/mol. The molecule has 0 radical (unpaired) electrons. The first kappa shape index (κ1) is 17.5. The van der Waals surface area contributed by atoms with Gasteiger partial charge in [-0.25, -0.2) is 0 Å². The Morgan fingerprint density at radius 2 is 1.59 bits per heavy atom. The quantitative estimate of drug-likeness (QED) is 0.701. The summed E-state index contributed by atoms with van der Waals surface area (Å²) < 4.78 is 0. The molecule has 2 heterocycles. The van der Waals surface area contributed by atoms with E-state index in [1.807, 2.05) is 17.0 Å². The molecule has 27 heavy (non-hydrogen) atoms. The topological polar surface area (TPSA) is 33.2 Å². The highest BCUT2D eigenvalue weighted by atomic mass is 16.2. The van der Waals surface area contributed by atoms with Gasteiger partial charge in [-0.2, -0.15) is 0 Å². The Labute approximate surface area is 160 Å². The lowest BCUT2D eigenvalue weighted by molar-refractivity contribution is -0.132. The lowest BCUT2D eigenvalue weighted by Crippen LogP contribution is -2.49. The van der Waals surface area contributed by atoms with Gasteiger partial charge in [0.15, 0.2) is 0 Å². The molecule has 0 bridgehead atoms. The molecule has 0 N–H and O–H groups in total. The van der Waals surface area contributed by atoms with Gasteiger partial charge in [0.05, 0.1) is 6.42 Å². The van der Waals surface area contributed by atoms with Crippen molar-refractivity contribution in [2.24, 2.45) is 0 Å². The van der Waals surface area contributed by atoms with E-state index in [0.717, 1.165) is 31.5 Å². The summed E-state index contributed by atoms with van der Waals surface area (Å²) in [4.78, 5) is 19.2. The Morgan fingerprint density at radius 3 is 2.19 bits per heavy atom. The number of hydrogen-bond acceptors (Lipinski definition) is 2. The first-order valence-electron chi connectivity index (χ1n) is 9.56. The van der Waals surface area contributed by atoms with Gasteiger partial charge in [0.1, 0.15) is 0 Å². The number of hydrogen-bond donors (Lipinski definition) is 0. The van der Waals surface area contributed by atoms with Crippen molar-refractivity contribution in [2.75, 3.05) is 13.1 Å². The minimum atomic E-state index is -0.147. The molecule has 3 aromatic rings. The van der Waals surface area contributed by atoms with E-state index < -0.39 is 0 Å². The summed E-state index contributed by atoms with van der Waals surface area (Å²) in [6.07, 6.45) is 5.99. The van der Waals surface area contributed by atoms with Crippen LogP contribution < -0.4 is 0 Å². The maximum Gasteiger partial charge on any atom is 0.227 e. The second-order valence-corrected chi connectivity index (χ2v) is 7.27. The van der Waals surface area contributed by atoms with Crippen molar-refractivity contribution in [2.45, 2.75) is 24.7 Å². The van der Waals surface area contributed by atoms with Crippen molar-refractivity contribution >= 4 is 5.91 Å². The van der Waals surface area contributed by atoms with E-state index in [2.05, 4.69) is 65.6 Å². The van der Waals surface area contributed by atoms with Crippen molar-refractivity contribution < 1.29 is 4.79 Å². The minimum Gasteiger partial charge on any atom is -0.341 e. The number of carbonyl (C=O) groups is 1. The highest BCUT2D eigenvalue weighted by Crippen LogP contribution is 2.40. The van der Waals surface area contributed by atoms with Gasteiger partial charge in [-0.1, -0.05) is 66.7 Å². The molecule has 1 aromatic heterocycles. The number of amides is 1. The number of piperidine rings is 1. The molecular formula is C24H24N2O. The van der Waals surface area contributed by atoms with Gasteiger partial charge >= 0.3 is 0 Å². The van der Waals surface area contributed by atoms with Crippen LogP contribution in [0.5, 0.6) is 0 Å². The van der Waals surface area contributed by atoms with Crippen LogP contribution in [0, 0.1) is 0 Å². The van der Waals surface area contributed by atoms with Crippen LogP contribution in [-0.2, 0) is 16.6 Å². The highest BCUT2D eigenvalue weighted by molar-refractivity contribution is 5.79. The summed E-state index contributed by atoms with van der Waals surface area (Å²) in [5.74, 6) is 0.180. The van der Waals surface area contributed by atoms with Crippen molar-refractivity contribution in [3.8, 4) is 0 Å². The number of rotatable bonds is 4. The Morgan fingerprint density at radius 1 is 0.926 bits per heavy atom. The van der Waals surface area contributed by atoms with Gasteiger partial charge in [-0.3, -0.25) is 9.78 Å². The van der Waals surface area contributed by atoms with E-state index >= 15 is 0 Å². The van der Waals surface area contributed by atoms with E-state index in [4.69, 9.17) is 0 Å². The first-order valence-corrected chi connectivity index (χ1v) is 9.56. The monoisotopic (exact) mass is 356 g/mol. The van der Waals surface area contributed by atoms with Gasteiger partial charge in [-0.05, 0) is 35.6 Å². The average Bonchev–Trinajstić information content (AvgIpc) is 2.76. The maximum absolute atomic E-state index is 13.0. The summed E-state index contributed by atoms with van der Waals surface area (Å²) in [6, 6.07) is 25.1. The summed E-state index contributed by atoms with van der Waals surface area (Å²) >= 11 is 0. The van der Waals surface area contributed by atoms with Gasteiger partial charge in [-0.15, -0.1) is 0 Å². The van der Waals surface area contributed by atoms with Crippen LogP contribution in [0.4, 0.5) is 0 Å². The van der Waals surface area contributed by atoms with Crippen LogP contribution >= 0.6 is 0 Å². The van der Waals surface area contributed by atoms with Crippen molar-refractivity contribution in [1.82, 2.24) is 9.88 Å². The third-order valence-corrected chi connectivity index (χ3v) is 5.58. The lowest BCUT2D eigenvalue weighted by atomic mass is 9.69. The van der Waals surface area contributed by atoms with Gasteiger partial charge in [0, 0.05) is 30.9 Å². The van der Waals surface area contributed by atoms with Gasteiger partial charge in [0.25, 0.3) is 0 Å². The van der Waals surface area contributed by atoms with Crippen LogP contribution in [0.15, 0.2) is 85.2 Å². The second kappa shape index (κ2) is 7.75. The summed E-state index contributed by atoms with van der Waals surface area (Å²) in [5, 5.41) is 0. The van der Waals surface area contributed by atoms with E-state index in [1.165, 1.54) is 11.1 Å². The number of benzene rings is 2. The fourth-order valence-electron chi connectivity index (χ4n) is 4.21. The summed E-state index contributed by atoms with van der Waals surface area (Å²) in [6.45, 7) is 1.54. The molecule has 3 heteroatoms. The van der Waals surface area contributed by atoms with E-state index in [9.17, 15) is 4.79 Å². The molecule has 1 aliphatic heterocycles. The lowest BCUT2D eigenvalue weighted by Gasteiger charge is -2.44. The van der Waals surface area contributed by atoms with Crippen molar-refractivity contribution in [3.63, 3.8) is 0 Å². The Balaban J connectivity index is 1.65. The summed E-state index contributed by atoms with van der Waals surface area (Å²) in [5.41, 5.74) is 3.40. The maximum atomic E-state index is 13.0. The van der Waals surface area contributed by atoms with E-state index in [-0.39, 0.29) is 11.3 Å². The fourth-order valence-corrected chi connectivity index (χ4v) is 4.21. The normalized spacial score (nSPS) is 16.1. The molecule has 3 nitrogen and oxygen atoms in total. The molecule has 1 saturated heterocycles. The van der Waals surface area contributed by atoms with Crippen LogP contribution in [0.25, 0.3) is 0 Å². The largest absolute Gasteiger partial charge is 0.341 e. The van der Waals surface area contributed by atoms with Crippen LogP contribution in [0.1, 0.15) is 29.5 Å². The molecule has 0 unspecified atom stereocenters. The zero-order chi connectivity index (χ0) is 18.5. The molecule has 0 atom stereocenters. The molecule has 0 aliphatic carbocycles. The molecule has 1 aliphatic rings. The van der Waals surface area contributed by atoms with Gasteiger partial charge in [0.2, 0.25) is 5.91 Å². The van der Waals surface area contributed by atoms with E-state index in [0.29, 0.717) is 6.42 Å². The Kier molecular flexibility index (Phi) is 5.01. The zero-order valence-corrected chi connectivity index (χ0v) is 15.4. The smallest absolute Gasteiger partial charge is 0.227 e. The number of aromatic nitrogens is 1. The van der Waals surface area contributed by atoms with Crippen LogP contribution in [-0.4, -0.2) is 28.9 Å². The molecule has 2 aromatic carbocycles.